The van der Waals surface area contributed by atoms with Gasteiger partial charge in [-0.05, 0) is 38.0 Å². The molecule has 0 unspecified atom stereocenters. The fraction of sp³-hybridized carbons (Fsp3) is 0.231. The number of hydrogen-bond donors (Lipinski definition) is 1. The van der Waals surface area contributed by atoms with Gasteiger partial charge in [-0.2, -0.15) is 0 Å². The molecule has 4 aromatic rings. The molecular weight excluding hydrogens is 448 g/mol. The normalized spacial score (nSPS) is 17.5. The van der Waals surface area contributed by atoms with Crippen LogP contribution in [0.25, 0.3) is 17.0 Å². The van der Waals surface area contributed by atoms with Crippen molar-refractivity contribution in [3.8, 4) is 0 Å². The summed E-state index contributed by atoms with van der Waals surface area (Å²) in [6.07, 6.45) is 2.75. The minimum absolute atomic E-state index is 0.0567. The molecule has 1 aliphatic rings. The molecule has 33 heavy (non-hydrogen) atoms. The predicted octanol–water partition coefficient (Wildman–Crippen LogP) is 6.14. The summed E-state index contributed by atoms with van der Waals surface area (Å²) < 4.78 is 2.31. The number of aryl methyl sites for hydroxylation is 2. The highest BCUT2D eigenvalue weighted by molar-refractivity contribution is 8.19. The van der Waals surface area contributed by atoms with Crippen LogP contribution in [0.3, 0.4) is 0 Å². The van der Waals surface area contributed by atoms with Crippen LogP contribution in [0.5, 0.6) is 0 Å². The first-order valence-electron chi connectivity index (χ1n) is 10.9. The molecule has 1 aliphatic heterocycles. The van der Waals surface area contributed by atoms with Crippen molar-refractivity contribution in [3.63, 3.8) is 0 Å². The summed E-state index contributed by atoms with van der Waals surface area (Å²) in [7, 11) is 0. The van der Waals surface area contributed by atoms with E-state index in [0.717, 1.165) is 40.1 Å². The average Bonchev–Trinajstić information content (AvgIpc) is 3.45. The van der Waals surface area contributed by atoms with E-state index in [0.29, 0.717) is 15.0 Å². The second kappa shape index (κ2) is 8.72. The molecule has 1 N–H and O–H groups in total. The minimum Gasteiger partial charge on any atom is -0.340 e. The van der Waals surface area contributed by atoms with Crippen molar-refractivity contribution in [2.24, 2.45) is 0 Å². The highest BCUT2D eigenvalue weighted by Gasteiger charge is 2.39. The molecule has 0 aliphatic carbocycles. The van der Waals surface area contributed by atoms with Gasteiger partial charge in [0, 0.05) is 28.7 Å². The Balaban J connectivity index is 1.56. The van der Waals surface area contributed by atoms with Crippen LogP contribution in [0.1, 0.15) is 45.2 Å². The van der Waals surface area contributed by atoms with Crippen LogP contribution < -0.4 is 0 Å². The molecule has 0 radical (unpaired) electrons. The summed E-state index contributed by atoms with van der Waals surface area (Å²) in [6.45, 7) is 6.99. The van der Waals surface area contributed by atoms with Crippen LogP contribution in [-0.4, -0.2) is 25.6 Å². The van der Waals surface area contributed by atoms with E-state index in [1.807, 2.05) is 25.1 Å². The molecule has 1 saturated heterocycles. The van der Waals surface area contributed by atoms with Crippen molar-refractivity contribution in [3.05, 3.63) is 85.8 Å². The molecule has 0 bridgehead atoms. The topological polar surface area (TPSA) is 71.6 Å². The molecule has 166 valence electrons. The van der Waals surface area contributed by atoms with Gasteiger partial charge in [-0.1, -0.05) is 66.7 Å². The molecule has 1 fully saturated rings. The number of Topliss-reactive ketones (excluding diaryl/α,β-unsaturated/α-hetero) is 1. The predicted molar refractivity (Wildman–Crippen MR) is 137 cm³/mol. The number of carbonyl (C=O) groups is 1. The Kier molecular flexibility index (Phi) is 5.76. The Morgan fingerprint density at radius 3 is 2.70 bits per heavy atom. The molecule has 5 rings (SSSR count). The Morgan fingerprint density at radius 1 is 1.12 bits per heavy atom. The Morgan fingerprint density at radius 2 is 1.94 bits per heavy atom. The van der Waals surface area contributed by atoms with Crippen molar-refractivity contribution in [1.29, 1.82) is 5.41 Å². The van der Waals surface area contributed by atoms with Gasteiger partial charge < -0.3 is 4.57 Å². The van der Waals surface area contributed by atoms with E-state index < -0.39 is 5.92 Å². The quantitative estimate of drug-likeness (QED) is 0.354. The zero-order chi connectivity index (χ0) is 23.1. The lowest BCUT2D eigenvalue weighted by Gasteiger charge is -2.09. The van der Waals surface area contributed by atoms with Crippen LogP contribution in [0, 0.1) is 19.3 Å². The molecule has 0 spiro atoms. The summed E-state index contributed by atoms with van der Waals surface area (Å²) >= 11 is 2.67. The second-order valence-corrected chi connectivity index (χ2v) is 10.4. The second-order valence-electron chi connectivity index (χ2n) is 8.25. The molecular formula is C26H24N4OS2. The van der Waals surface area contributed by atoms with Gasteiger partial charge in [-0.25, -0.2) is 0 Å². The van der Waals surface area contributed by atoms with Gasteiger partial charge in [-0.15, -0.1) is 21.5 Å². The lowest BCUT2D eigenvalue weighted by atomic mass is 10.0. The van der Waals surface area contributed by atoms with Gasteiger partial charge in [0.05, 0.1) is 9.95 Å². The Hall–Kier alpha value is -3.03. The smallest absolute Gasteiger partial charge is 0.186 e. The zero-order valence-corrected chi connectivity index (χ0v) is 20.4. The van der Waals surface area contributed by atoms with Gasteiger partial charge in [0.2, 0.25) is 0 Å². The number of hydrogen-bond acceptors (Lipinski definition) is 6. The fourth-order valence-electron chi connectivity index (χ4n) is 4.31. The van der Waals surface area contributed by atoms with E-state index in [-0.39, 0.29) is 5.78 Å². The molecule has 3 heterocycles. The van der Waals surface area contributed by atoms with Crippen LogP contribution in [-0.2, 0) is 17.8 Å². The van der Waals surface area contributed by atoms with Gasteiger partial charge in [-0.3, -0.25) is 10.2 Å². The van der Waals surface area contributed by atoms with Crippen molar-refractivity contribution in [2.75, 3.05) is 0 Å². The molecule has 0 saturated carbocycles. The average molecular weight is 473 g/mol. The molecule has 1 atom stereocenters. The first-order chi connectivity index (χ1) is 16.0. The third-order valence-corrected chi connectivity index (χ3v) is 8.12. The summed E-state index contributed by atoms with van der Waals surface area (Å²) in [5.74, 6) is -0.682. The first-order valence-corrected chi connectivity index (χ1v) is 12.6. The minimum atomic E-state index is -0.625. The zero-order valence-electron chi connectivity index (χ0n) is 18.8. The van der Waals surface area contributed by atoms with E-state index in [1.54, 1.807) is 0 Å². The fourth-order valence-corrected chi connectivity index (χ4v) is 6.24. The van der Waals surface area contributed by atoms with E-state index in [1.165, 1.54) is 34.2 Å². The number of nitrogens with zero attached hydrogens (tertiary/aromatic N) is 3. The highest BCUT2D eigenvalue weighted by atomic mass is 32.2. The van der Waals surface area contributed by atoms with Crippen LogP contribution in [0.4, 0.5) is 0 Å². The van der Waals surface area contributed by atoms with Crippen LogP contribution >= 0.6 is 23.1 Å². The van der Waals surface area contributed by atoms with Gasteiger partial charge in [0.1, 0.15) is 15.9 Å². The summed E-state index contributed by atoms with van der Waals surface area (Å²) in [4.78, 5) is 13.9. The third kappa shape index (κ3) is 3.96. The number of aromatic nitrogens is 3. The lowest BCUT2D eigenvalue weighted by Crippen LogP contribution is -2.11. The van der Waals surface area contributed by atoms with Crippen LogP contribution in [0.2, 0.25) is 0 Å². The number of fused-ring (bicyclic) bond motifs is 1. The number of thioether (sulfide) groups is 1. The molecule has 2 aromatic carbocycles. The number of nitrogens with one attached hydrogen (secondary N) is 1. The molecule has 0 amide bonds. The van der Waals surface area contributed by atoms with E-state index in [2.05, 4.69) is 65.0 Å². The SMILES string of the molecule is CCc1nnc([C@H]2C(=N)S/C(=C\c3c(C)n(Cc4cccc(C)c4)c4ccccc34)C2=O)s1. The number of rotatable bonds is 5. The van der Waals surface area contributed by atoms with Gasteiger partial charge in [0.25, 0.3) is 0 Å². The van der Waals surface area contributed by atoms with Gasteiger partial charge in [0.15, 0.2) is 5.78 Å². The third-order valence-electron chi connectivity index (χ3n) is 6.00. The summed E-state index contributed by atoms with van der Waals surface area (Å²) in [5, 5.41) is 19.8. The van der Waals surface area contributed by atoms with Crippen molar-refractivity contribution >= 4 is 50.9 Å². The van der Waals surface area contributed by atoms with Crippen molar-refractivity contribution in [1.82, 2.24) is 14.8 Å². The Bertz CT molecular complexity index is 1430. The lowest BCUT2D eigenvalue weighted by molar-refractivity contribution is -0.114. The summed E-state index contributed by atoms with van der Waals surface area (Å²) in [6, 6.07) is 16.9. The highest BCUT2D eigenvalue weighted by Crippen LogP contribution is 2.42. The van der Waals surface area contributed by atoms with E-state index >= 15 is 0 Å². The largest absolute Gasteiger partial charge is 0.340 e. The maximum atomic E-state index is 13.3. The van der Waals surface area contributed by atoms with Crippen molar-refractivity contribution in [2.45, 2.75) is 39.7 Å². The molecule has 5 nitrogen and oxygen atoms in total. The van der Waals surface area contributed by atoms with Crippen LogP contribution in [0.15, 0.2) is 53.4 Å². The van der Waals surface area contributed by atoms with E-state index in [9.17, 15) is 4.79 Å². The number of para-hydroxylation sites is 1. The van der Waals surface area contributed by atoms with Gasteiger partial charge >= 0.3 is 0 Å². The summed E-state index contributed by atoms with van der Waals surface area (Å²) in [5.41, 5.74) is 5.77. The maximum absolute atomic E-state index is 13.3. The monoisotopic (exact) mass is 472 g/mol. The molecule has 7 heteroatoms. The number of ketones is 1. The van der Waals surface area contributed by atoms with E-state index in [4.69, 9.17) is 5.41 Å². The molecule has 2 aromatic heterocycles. The Labute approximate surface area is 201 Å². The standard InChI is InChI=1S/C26H24N4OS2/c1-4-22-28-29-26(33-22)23-24(31)21(32-25(23)27)13-19-16(3)30(20-11-6-5-10-18(19)20)14-17-9-7-8-15(2)12-17/h5-13,23,27H,4,14H2,1-3H3/b21-13-,27-25?/t23-/m1/s1. The maximum Gasteiger partial charge on any atom is 0.186 e. The number of carbonyl (C=O) groups excluding carboxylic acids is 1. The van der Waals surface area contributed by atoms with Crippen molar-refractivity contribution < 1.29 is 4.79 Å². The first kappa shape index (κ1) is 21.8. The number of allylic oxidation sites excluding steroid dienone is 1. The number of benzene rings is 2.